The number of carbonyl (C=O) groups excluding carboxylic acids is 1. The molecule has 0 fully saturated rings. The van der Waals surface area contributed by atoms with Crippen molar-refractivity contribution in [3.63, 3.8) is 0 Å². The van der Waals surface area contributed by atoms with Gasteiger partial charge in [0.1, 0.15) is 11.6 Å². The Kier molecular flexibility index (Phi) is 6.65. The zero-order valence-corrected chi connectivity index (χ0v) is 19.4. The summed E-state index contributed by atoms with van der Waals surface area (Å²) < 4.78 is 7.48. The van der Waals surface area contributed by atoms with Crippen LogP contribution in [0.3, 0.4) is 0 Å². The monoisotopic (exact) mass is 449 g/mol. The summed E-state index contributed by atoms with van der Waals surface area (Å²) in [6, 6.07) is 15.9. The number of amides is 1. The Bertz CT molecular complexity index is 1190. The number of anilines is 1. The Labute approximate surface area is 192 Å². The van der Waals surface area contributed by atoms with Crippen LogP contribution in [0.25, 0.3) is 0 Å². The first-order valence-corrected chi connectivity index (χ1v) is 11.8. The van der Waals surface area contributed by atoms with Crippen molar-refractivity contribution in [3.8, 4) is 5.75 Å². The molecule has 2 aromatic carbocycles. The van der Waals surface area contributed by atoms with Gasteiger partial charge in [0, 0.05) is 25.1 Å². The van der Waals surface area contributed by atoms with Crippen LogP contribution in [-0.2, 0) is 17.6 Å². The van der Waals surface area contributed by atoms with Gasteiger partial charge in [0.2, 0.25) is 5.91 Å². The quantitative estimate of drug-likeness (QED) is 0.420. The lowest BCUT2D eigenvalue weighted by Crippen LogP contribution is -2.33. The number of aryl methyl sites for hydroxylation is 1. The predicted molar refractivity (Wildman–Crippen MR) is 128 cm³/mol. The lowest BCUT2D eigenvalue weighted by atomic mass is 9.87. The SMILES string of the molecule is CCCOc1ccc([C@H]2CC(=O)Nc3c2c(=O)nc(SCc2cccc(C)c2)n3C)cc1. The maximum absolute atomic E-state index is 13.1. The number of ether oxygens (including phenoxy) is 1. The maximum Gasteiger partial charge on any atom is 0.279 e. The minimum absolute atomic E-state index is 0.107. The molecule has 1 amide bonds. The molecule has 32 heavy (non-hydrogen) atoms. The fraction of sp³-hybridized carbons (Fsp3) is 0.320. The number of hydrogen-bond acceptors (Lipinski definition) is 5. The summed E-state index contributed by atoms with van der Waals surface area (Å²) in [5.74, 6) is 1.57. The summed E-state index contributed by atoms with van der Waals surface area (Å²) in [6.45, 7) is 4.77. The van der Waals surface area contributed by atoms with Gasteiger partial charge in [0.05, 0.1) is 12.2 Å². The third kappa shape index (κ3) is 4.72. The first-order chi connectivity index (χ1) is 15.5. The molecule has 0 saturated carbocycles. The molecular weight excluding hydrogens is 422 g/mol. The van der Waals surface area contributed by atoms with Crippen molar-refractivity contribution >= 4 is 23.5 Å². The van der Waals surface area contributed by atoms with Crippen LogP contribution in [0.5, 0.6) is 5.75 Å². The van der Waals surface area contributed by atoms with E-state index in [9.17, 15) is 9.59 Å². The van der Waals surface area contributed by atoms with E-state index >= 15 is 0 Å². The highest BCUT2D eigenvalue weighted by atomic mass is 32.2. The molecule has 4 rings (SSSR count). The largest absolute Gasteiger partial charge is 0.494 e. The summed E-state index contributed by atoms with van der Waals surface area (Å²) in [4.78, 5) is 30.0. The van der Waals surface area contributed by atoms with Crippen LogP contribution < -0.4 is 15.6 Å². The van der Waals surface area contributed by atoms with Gasteiger partial charge in [0.15, 0.2) is 5.16 Å². The maximum atomic E-state index is 13.1. The minimum atomic E-state index is -0.332. The van der Waals surface area contributed by atoms with Crippen LogP contribution in [0.4, 0.5) is 5.82 Å². The zero-order valence-electron chi connectivity index (χ0n) is 18.6. The van der Waals surface area contributed by atoms with Gasteiger partial charge in [-0.3, -0.25) is 9.59 Å². The molecule has 0 saturated heterocycles. The normalized spacial score (nSPS) is 15.2. The van der Waals surface area contributed by atoms with E-state index < -0.39 is 0 Å². The van der Waals surface area contributed by atoms with Crippen LogP contribution in [-0.4, -0.2) is 22.1 Å². The summed E-state index contributed by atoms with van der Waals surface area (Å²) in [6.07, 6.45) is 1.15. The van der Waals surface area contributed by atoms with Crippen LogP contribution >= 0.6 is 11.8 Å². The van der Waals surface area contributed by atoms with Crippen LogP contribution in [0, 0.1) is 6.92 Å². The number of aromatic nitrogens is 2. The molecule has 3 aromatic rings. The topological polar surface area (TPSA) is 73.2 Å². The summed E-state index contributed by atoms with van der Waals surface area (Å²) in [5, 5.41) is 3.48. The number of thioether (sulfide) groups is 1. The number of hydrogen-bond donors (Lipinski definition) is 1. The van der Waals surface area contributed by atoms with E-state index in [4.69, 9.17) is 4.74 Å². The van der Waals surface area contributed by atoms with Gasteiger partial charge in [-0.05, 0) is 36.6 Å². The fourth-order valence-electron chi connectivity index (χ4n) is 3.92. The third-order valence-electron chi connectivity index (χ3n) is 5.51. The van der Waals surface area contributed by atoms with Crippen molar-refractivity contribution in [2.24, 2.45) is 7.05 Å². The molecule has 6 nitrogen and oxygen atoms in total. The van der Waals surface area contributed by atoms with Gasteiger partial charge in [-0.2, -0.15) is 4.98 Å². The highest BCUT2D eigenvalue weighted by molar-refractivity contribution is 7.98. The number of carbonyl (C=O) groups is 1. The Morgan fingerprint density at radius 1 is 1.19 bits per heavy atom. The molecule has 2 heterocycles. The number of nitrogens with one attached hydrogen (secondary N) is 1. The Morgan fingerprint density at radius 3 is 2.69 bits per heavy atom. The minimum Gasteiger partial charge on any atom is -0.494 e. The second kappa shape index (κ2) is 9.61. The van der Waals surface area contributed by atoms with E-state index in [2.05, 4.69) is 42.3 Å². The van der Waals surface area contributed by atoms with E-state index in [0.29, 0.717) is 28.9 Å². The van der Waals surface area contributed by atoms with Gasteiger partial charge in [0.25, 0.3) is 5.56 Å². The number of nitrogens with zero attached hydrogens (tertiary/aromatic N) is 2. The van der Waals surface area contributed by atoms with Crippen molar-refractivity contribution < 1.29 is 9.53 Å². The Morgan fingerprint density at radius 2 is 1.97 bits per heavy atom. The molecule has 0 unspecified atom stereocenters. The van der Waals surface area contributed by atoms with Gasteiger partial charge in [-0.15, -0.1) is 0 Å². The molecule has 7 heteroatoms. The number of rotatable bonds is 7. The average Bonchev–Trinajstić information content (AvgIpc) is 2.79. The smallest absolute Gasteiger partial charge is 0.279 e. The van der Waals surface area contributed by atoms with Gasteiger partial charge < -0.3 is 14.6 Å². The van der Waals surface area contributed by atoms with Crippen molar-refractivity contribution in [2.45, 2.75) is 43.5 Å². The fourth-order valence-corrected chi connectivity index (χ4v) is 4.82. The average molecular weight is 450 g/mol. The molecule has 166 valence electrons. The summed E-state index contributed by atoms with van der Waals surface area (Å²) in [5.41, 5.74) is 3.50. The van der Waals surface area contributed by atoms with E-state index in [0.717, 1.165) is 23.3 Å². The van der Waals surface area contributed by atoms with Gasteiger partial charge >= 0.3 is 0 Å². The third-order valence-corrected chi connectivity index (χ3v) is 6.61. The Balaban J connectivity index is 1.64. The van der Waals surface area contributed by atoms with Crippen molar-refractivity contribution in [1.82, 2.24) is 9.55 Å². The van der Waals surface area contributed by atoms with Crippen molar-refractivity contribution in [3.05, 3.63) is 81.1 Å². The molecule has 0 spiro atoms. The molecule has 0 bridgehead atoms. The molecular formula is C25H27N3O3S. The van der Waals surface area contributed by atoms with Gasteiger partial charge in [-0.25, -0.2) is 0 Å². The van der Waals surface area contributed by atoms with Crippen LogP contribution in [0.1, 0.15) is 47.9 Å². The summed E-state index contributed by atoms with van der Waals surface area (Å²) in [7, 11) is 1.84. The molecule has 1 aliphatic rings. The van der Waals surface area contributed by atoms with E-state index in [1.807, 2.05) is 41.9 Å². The first kappa shape index (κ1) is 22.1. The van der Waals surface area contributed by atoms with Crippen molar-refractivity contribution in [1.29, 1.82) is 0 Å². The lowest BCUT2D eigenvalue weighted by Gasteiger charge is -2.27. The second-order valence-electron chi connectivity index (χ2n) is 8.02. The molecule has 0 aliphatic carbocycles. The molecule has 1 aromatic heterocycles. The Hall–Kier alpha value is -3.06. The van der Waals surface area contributed by atoms with Gasteiger partial charge in [-0.1, -0.05) is 60.6 Å². The molecule has 1 atom stereocenters. The van der Waals surface area contributed by atoms with Crippen molar-refractivity contribution in [2.75, 3.05) is 11.9 Å². The number of benzene rings is 2. The van der Waals surface area contributed by atoms with Crippen LogP contribution in [0.2, 0.25) is 0 Å². The van der Waals surface area contributed by atoms with E-state index in [-0.39, 0.29) is 23.8 Å². The number of fused-ring (bicyclic) bond motifs is 1. The lowest BCUT2D eigenvalue weighted by molar-refractivity contribution is -0.116. The first-order valence-electron chi connectivity index (χ1n) is 10.8. The zero-order chi connectivity index (χ0) is 22.7. The standard InChI is InChI=1S/C25H27N3O3S/c1-4-12-31-19-10-8-18(9-11-19)20-14-21(29)26-23-22(20)24(30)27-25(28(23)3)32-15-17-7-5-6-16(2)13-17/h5-11,13,20H,4,12,14-15H2,1-3H3,(H,26,29)/t20-/m1/s1. The summed E-state index contributed by atoms with van der Waals surface area (Å²) >= 11 is 1.49. The molecule has 0 radical (unpaired) electrons. The molecule has 1 aliphatic heterocycles. The predicted octanol–water partition coefficient (Wildman–Crippen LogP) is 4.64. The highest BCUT2D eigenvalue weighted by Crippen LogP contribution is 2.36. The van der Waals surface area contributed by atoms with Crippen LogP contribution in [0.15, 0.2) is 58.5 Å². The highest BCUT2D eigenvalue weighted by Gasteiger charge is 2.32. The second-order valence-corrected chi connectivity index (χ2v) is 8.96. The van der Waals surface area contributed by atoms with E-state index in [1.54, 1.807) is 0 Å². The molecule has 1 N–H and O–H groups in total. The van der Waals surface area contributed by atoms with E-state index in [1.165, 1.54) is 17.3 Å².